The first kappa shape index (κ1) is 21.3. The van der Waals surface area contributed by atoms with Crippen molar-refractivity contribution in [3.8, 4) is 11.5 Å². The summed E-state index contributed by atoms with van der Waals surface area (Å²) in [5.41, 5.74) is 1.69. The summed E-state index contributed by atoms with van der Waals surface area (Å²) in [5, 5.41) is 10.1. The van der Waals surface area contributed by atoms with E-state index in [2.05, 4.69) is 27.7 Å². The standard InChI is InChI=1S/C28H40O4/c1-5-30-24-26(3)11-6-12-28(17-31-24)21-10-14-27(4)23(25(21,2)13-9-22(26)28)16-18-15-19(29)7-8-20(18)32-27/h7-8,15,21-24,29H,5-6,9-14,16-17H2,1-4H3/t21-,22-,23-,24-,25+,26+,27-,28-/m0/s1. The van der Waals surface area contributed by atoms with Crippen LogP contribution in [0.5, 0.6) is 11.5 Å². The van der Waals surface area contributed by atoms with Gasteiger partial charge in [-0.25, -0.2) is 0 Å². The highest BCUT2D eigenvalue weighted by atomic mass is 16.7. The summed E-state index contributed by atoms with van der Waals surface area (Å²) in [5.74, 6) is 3.15. The molecule has 4 nitrogen and oxygen atoms in total. The highest BCUT2D eigenvalue weighted by molar-refractivity contribution is 5.43. The van der Waals surface area contributed by atoms with Crippen LogP contribution >= 0.6 is 0 Å². The van der Waals surface area contributed by atoms with Crippen molar-refractivity contribution in [3.63, 3.8) is 0 Å². The highest BCUT2D eigenvalue weighted by Crippen LogP contribution is 2.73. The van der Waals surface area contributed by atoms with Crippen LogP contribution in [0.2, 0.25) is 0 Å². The average molecular weight is 441 g/mol. The molecule has 4 fully saturated rings. The third-order valence-corrected chi connectivity index (χ3v) is 10.9. The van der Waals surface area contributed by atoms with E-state index in [1.165, 1.54) is 44.1 Å². The van der Waals surface area contributed by atoms with Crippen molar-refractivity contribution in [2.45, 2.75) is 91.0 Å². The Labute approximate surface area is 193 Å². The number of rotatable bonds is 2. The average Bonchev–Trinajstić information content (AvgIpc) is 2.74. The Bertz CT molecular complexity index is 915. The van der Waals surface area contributed by atoms with Crippen LogP contribution in [0, 0.1) is 34.0 Å². The molecule has 1 saturated heterocycles. The van der Waals surface area contributed by atoms with E-state index in [0.717, 1.165) is 31.8 Å². The molecule has 1 N–H and O–H groups in total. The lowest BCUT2D eigenvalue weighted by molar-refractivity contribution is -0.337. The Kier molecular flexibility index (Phi) is 4.58. The van der Waals surface area contributed by atoms with Crippen LogP contribution in [0.4, 0.5) is 0 Å². The largest absolute Gasteiger partial charge is 0.508 e. The van der Waals surface area contributed by atoms with Gasteiger partial charge >= 0.3 is 0 Å². The smallest absolute Gasteiger partial charge is 0.163 e. The quantitative estimate of drug-likeness (QED) is 0.604. The van der Waals surface area contributed by atoms with Crippen LogP contribution in [0.1, 0.15) is 78.2 Å². The molecule has 5 aliphatic rings. The van der Waals surface area contributed by atoms with Crippen LogP contribution in [-0.2, 0) is 15.9 Å². The number of fused-ring (bicyclic) bond motifs is 4. The second kappa shape index (κ2) is 6.88. The fraction of sp³-hybridized carbons (Fsp3) is 0.786. The number of aromatic hydroxyl groups is 1. The zero-order valence-electron chi connectivity index (χ0n) is 20.3. The fourth-order valence-corrected chi connectivity index (χ4v) is 9.69. The minimum Gasteiger partial charge on any atom is -0.508 e. The molecule has 0 aromatic heterocycles. The van der Waals surface area contributed by atoms with Crippen molar-refractivity contribution in [3.05, 3.63) is 23.8 Å². The molecule has 4 heteroatoms. The maximum Gasteiger partial charge on any atom is 0.163 e. The number of phenolic OH excluding ortho intramolecular Hbond substituents is 1. The molecule has 2 aliphatic heterocycles. The molecule has 176 valence electrons. The Morgan fingerprint density at radius 2 is 1.78 bits per heavy atom. The molecule has 1 aromatic rings. The van der Waals surface area contributed by atoms with Crippen molar-refractivity contribution in [1.82, 2.24) is 0 Å². The summed E-state index contributed by atoms with van der Waals surface area (Å²) >= 11 is 0. The number of hydrogen-bond acceptors (Lipinski definition) is 4. The van der Waals surface area contributed by atoms with E-state index >= 15 is 0 Å². The molecule has 2 bridgehead atoms. The van der Waals surface area contributed by atoms with Gasteiger partial charge in [-0.05, 0) is 99.8 Å². The van der Waals surface area contributed by atoms with Crippen molar-refractivity contribution >= 4 is 0 Å². The van der Waals surface area contributed by atoms with Crippen LogP contribution < -0.4 is 4.74 Å². The first-order valence-corrected chi connectivity index (χ1v) is 13.0. The van der Waals surface area contributed by atoms with Gasteiger partial charge in [0.15, 0.2) is 6.29 Å². The molecular formula is C28H40O4. The van der Waals surface area contributed by atoms with Gasteiger partial charge in [-0.15, -0.1) is 0 Å². The molecule has 8 atom stereocenters. The van der Waals surface area contributed by atoms with E-state index in [0.29, 0.717) is 23.5 Å². The molecular weight excluding hydrogens is 400 g/mol. The van der Waals surface area contributed by atoms with Crippen LogP contribution in [-0.4, -0.2) is 30.2 Å². The molecule has 0 unspecified atom stereocenters. The Morgan fingerprint density at radius 3 is 2.59 bits per heavy atom. The Balaban J connectivity index is 1.39. The fourth-order valence-electron chi connectivity index (χ4n) is 9.69. The molecule has 0 radical (unpaired) electrons. The van der Waals surface area contributed by atoms with E-state index in [1.807, 2.05) is 12.1 Å². The summed E-state index contributed by atoms with van der Waals surface area (Å²) in [6.45, 7) is 11.1. The number of ether oxygens (including phenoxy) is 3. The van der Waals surface area contributed by atoms with E-state index in [9.17, 15) is 5.11 Å². The molecule has 0 amide bonds. The van der Waals surface area contributed by atoms with E-state index < -0.39 is 0 Å². The zero-order chi connectivity index (χ0) is 22.4. The summed E-state index contributed by atoms with van der Waals surface area (Å²) in [6, 6.07) is 5.66. The lowest BCUT2D eigenvalue weighted by Crippen LogP contribution is -2.70. The Morgan fingerprint density at radius 1 is 1.00 bits per heavy atom. The van der Waals surface area contributed by atoms with Gasteiger partial charge in [0.2, 0.25) is 0 Å². The van der Waals surface area contributed by atoms with Crippen LogP contribution in [0.15, 0.2) is 18.2 Å². The van der Waals surface area contributed by atoms with E-state index in [4.69, 9.17) is 14.2 Å². The number of phenols is 1. The number of hydrogen-bond donors (Lipinski definition) is 1. The molecule has 3 saturated carbocycles. The first-order valence-electron chi connectivity index (χ1n) is 13.0. The van der Waals surface area contributed by atoms with Gasteiger partial charge in [-0.1, -0.05) is 20.3 Å². The normalized spacial score (nSPS) is 49.1. The van der Waals surface area contributed by atoms with E-state index in [-0.39, 0.29) is 28.1 Å². The van der Waals surface area contributed by atoms with Gasteiger partial charge in [0.05, 0.1) is 6.61 Å². The molecule has 3 aliphatic carbocycles. The second-order valence-electron chi connectivity index (χ2n) is 12.3. The molecule has 32 heavy (non-hydrogen) atoms. The van der Waals surface area contributed by atoms with Crippen molar-refractivity contribution in [1.29, 1.82) is 0 Å². The van der Waals surface area contributed by atoms with Crippen molar-refractivity contribution in [2.24, 2.45) is 34.0 Å². The molecule has 1 aromatic carbocycles. The summed E-state index contributed by atoms with van der Waals surface area (Å²) in [7, 11) is 0. The minimum absolute atomic E-state index is 0.0444. The van der Waals surface area contributed by atoms with Gasteiger partial charge in [-0.3, -0.25) is 0 Å². The maximum absolute atomic E-state index is 10.1. The summed E-state index contributed by atoms with van der Waals surface area (Å²) < 4.78 is 19.5. The predicted octanol–water partition coefficient (Wildman–Crippen LogP) is 6.10. The van der Waals surface area contributed by atoms with E-state index in [1.54, 1.807) is 6.07 Å². The van der Waals surface area contributed by atoms with Gasteiger partial charge in [0, 0.05) is 23.4 Å². The van der Waals surface area contributed by atoms with Gasteiger partial charge in [0.1, 0.15) is 17.1 Å². The summed E-state index contributed by atoms with van der Waals surface area (Å²) in [4.78, 5) is 0. The lowest BCUT2D eigenvalue weighted by atomic mass is 9.36. The van der Waals surface area contributed by atoms with Gasteiger partial charge in [-0.2, -0.15) is 0 Å². The molecule has 0 spiro atoms. The predicted molar refractivity (Wildman–Crippen MR) is 124 cm³/mol. The monoisotopic (exact) mass is 440 g/mol. The zero-order valence-corrected chi connectivity index (χ0v) is 20.3. The number of benzene rings is 1. The minimum atomic E-state index is -0.125. The lowest BCUT2D eigenvalue weighted by Gasteiger charge is -2.71. The van der Waals surface area contributed by atoms with Crippen molar-refractivity contribution < 1.29 is 19.3 Å². The van der Waals surface area contributed by atoms with Gasteiger partial charge in [0.25, 0.3) is 0 Å². The van der Waals surface area contributed by atoms with Crippen LogP contribution in [0.3, 0.4) is 0 Å². The maximum atomic E-state index is 10.1. The summed E-state index contributed by atoms with van der Waals surface area (Å²) in [6.07, 6.45) is 9.65. The third-order valence-electron chi connectivity index (χ3n) is 10.9. The third kappa shape index (κ3) is 2.63. The SMILES string of the molecule is CCO[C@H]1OC[C@]23CCC[C@]1(C)[C@@H]2CC[C@]1(C)[C@@H]3CC[C@]2(C)Oc3ccc(O)cc3C[C@@H]12. The topological polar surface area (TPSA) is 47.9 Å². The molecule has 6 rings (SSSR count). The molecule has 2 heterocycles. The second-order valence-corrected chi connectivity index (χ2v) is 12.3. The van der Waals surface area contributed by atoms with Crippen LogP contribution in [0.25, 0.3) is 0 Å². The van der Waals surface area contributed by atoms with Gasteiger partial charge < -0.3 is 19.3 Å². The first-order chi connectivity index (χ1) is 15.3. The van der Waals surface area contributed by atoms with Crippen molar-refractivity contribution in [2.75, 3.05) is 13.2 Å². The Hall–Kier alpha value is -1.26. The highest BCUT2D eigenvalue weighted by Gasteiger charge is 2.70.